The van der Waals surface area contributed by atoms with Gasteiger partial charge in [0, 0.05) is 25.5 Å². The van der Waals surface area contributed by atoms with Crippen molar-refractivity contribution in [2.45, 2.75) is 6.92 Å². The van der Waals surface area contributed by atoms with Gasteiger partial charge in [-0.15, -0.1) is 0 Å². The van der Waals surface area contributed by atoms with Crippen LogP contribution >= 0.6 is 0 Å². The van der Waals surface area contributed by atoms with E-state index in [1.165, 1.54) is 0 Å². The van der Waals surface area contributed by atoms with Gasteiger partial charge >= 0.3 is 0 Å². The number of aromatic nitrogens is 3. The predicted octanol–water partition coefficient (Wildman–Crippen LogP) is 1.62. The van der Waals surface area contributed by atoms with Crippen molar-refractivity contribution in [3.63, 3.8) is 0 Å². The molecule has 2 aromatic rings. The van der Waals surface area contributed by atoms with E-state index in [-0.39, 0.29) is 0 Å². The van der Waals surface area contributed by atoms with Crippen LogP contribution < -0.4 is 5.32 Å². The van der Waals surface area contributed by atoms with Crippen molar-refractivity contribution < 1.29 is 0 Å². The number of hydrogen-bond donors (Lipinski definition) is 1. The number of rotatable bonds is 2. The molecule has 0 radical (unpaired) electrons. The summed E-state index contributed by atoms with van der Waals surface area (Å²) < 4.78 is 1.83. The van der Waals surface area contributed by atoms with Gasteiger partial charge in [-0.3, -0.25) is 0 Å². The maximum absolute atomic E-state index is 4.32. The highest BCUT2D eigenvalue weighted by Crippen LogP contribution is 2.10. The number of anilines is 1. The predicted molar refractivity (Wildman–Crippen MR) is 55.6 cm³/mol. The lowest BCUT2D eigenvalue weighted by Gasteiger charge is -2.03. The molecule has 0 bridgehead atoms. The van der Waals surface area contributed by atoms with Gasteiger partial charge in [0.25, 0.3) is 0 Å². The Morgan fingerprint density at radius 1 is 1.36 bits per heavy atom. The summed E-state index contributed by atoms with van der Waals surface area (Å²) in [7, 11) is 1.85. The highest BCUT2D eigenvalue weighted by molar-refractivity contribution is 5.43. The summed E-state index contributed by atoms with van der Waals surface area (Å²) >= 11 is 0. The molecule has 0 aromatic carbocycles. The molecule has 14 heavy (non-hydrogen) atoms. The minimum atomic E-state index is 0.843. The van der Waals surface area contributed by atoms with Gasteiger partial charge in [0.2, 0.25) is 0 Å². The first-order chi connectivity index (χ1) is 6.79. The molecule has 0 saturated carbocycles. The summed E-state index contributed by atoms with van der Waals surface area (Å²) in [5.41, 5.74) is 2.02. The van der Waals surface area contributed by atoms with E-state index in [1.54, 1.807) is 6.20 Å². The van der Waals surface area contributed by atoms with E-state index in [0.717, 1.165) is 17.2 Å². The first-order valence-electron chi connectivity index (χ1n) is 4.46. The lowest BCUT2D eigenvalue weighted by Crippen LogP contribution is -1.98. The van der Waals surface area contributed by atoms with Crippen molar-refractivity contribution in [3.8, 4) is 5.69 Å². The zero-order chi connectivity index (χ0) is 9.97. The van der Waals surface area contributed by atoms with Gasteiger partial charge in [0.1, 0.15) is 5.82 Å². The van der Waals surface area contributed by atoms with Crippen LogP contribution in [0.3, 0.4) is 0 Å². The van der Waals surface area contributed by atoms with Crippen molar-refractivity contribution >= 4 is 5.82 Å². The number of hydrogen-bond acceptors (Lipinski definition) is 3. The van der Waals surface area contributed by atoms with Crippen LogP contribution in [0.4, 0.5) is 5.82 Å². The molecule has 0 aliphatic heterocycles. The molecule has 0 fully saturated rings. The lowest BCUT2D eigenvalue weighted by atomic mass is 10.4. The van der Waals surface area contributed by atoms with Crippen LogP contribution in [0.5, 0.6) is 0 Å². The maximum Gasteiger partial charge on any atom is 0.127 e. The lowest BCUT2D eigenvalue weighted by molar-refractivity contribution is 0.860. The van der Waals surface area contributed by atoms with Crippen LogP contribution in [0.15, 0.2) is 30.6 Å². The third-order valence-electron chi connectivity index (χ3n) is 1.99. The average molecular weight is 188 g/mol. The Bertz CT molecular complexity index is 433. The number of nitrogens with one attached hydrogen (secondary N) is 1. The molecule has 2 aromatic heterocycles. The van der Waals surface area contributed by atoms with Gasteiger partial charge in [0.05, 0.1) is 11.4 Å². The van der Waals surface area contributed by atoms with Gasteiger partial charge in [-0.05, 0) is 19.1 Å². The number of pyridine rings is 1. The second-order valence-corrected chi connectivity index (χ2v) is 3.05. The van der Waals surface area contributed by atoms with Crippen LogP contribution in [0.25, 0.3) is 5.69 Å². The summed E-state index contributed by atoms with van der Waals surface area (Å²) in [6, 6.07) is 5.85. The second kappa shape index (κ2) is 3.49. The standard InChI is InChI=1S/C10H12N4/c1-8-4-6-14(13-8)9-3-5-12-10(7-9)11-2/h3-7H,1-2H3,(H,11,12). The third kappa shape index (κ3) is 1.59. The van der Waals surface area contributed by atoms with Gasteiger partial charge in [-0.1, -0.05) is 0 Å². The van der Waals surface area contributed by atoms with E-state index in [1.807, 2.05) is 43.0 Å². The molecule has 4 nitrogen and oxygen atoms in total. The maximum atomic E-state index is 4.32. The first kappa shape index (κ1) is 8.74. The zero-order valence-corrected chi connectivity index (χ0v) is 8.23. The normalized spacial score (nSPS) is 10.1. The van der Waals surface area contributed by atoms with Crippen LogP contribution in [0.1, 0.15) is 5.69 Å². The molecule has 2 rings (SSSR count). The molecule has 0 saturated heterocycles. The summed E-state index contributed by atoms with van der Waals surface area (Å²) in [5, 5.41) is 7.31. The van der Waals surface area contributed by atoms with Crippen LogP contribution in [-0.4, -0.2) is 21.8 Å². The van der Waals surface area contributed by atoms with Gasteiger partial charge in [-0.25, -0.2) is 9.67 Å². The largest absolute Gasteiger partial charge is 0.373 e. The van der Waals surface area contributed by atoms with E-state index >= 15 is 0 Å². The van der Waals surface area contributed by atoms with E-state index in [9.17, 15) is 0 Å². The highest BCUT2D eigenvalue weighted by atomic mass is 15.3. The van der Waals surface area contributed by atoms with Crippen molar-refractivity contribution in [3.05, 3.63) is 36.3 Å². The Morgan fingerprint density at radius 3 is 2.86 bits per heavy atom. The Morgan fingerprint density at radius 2 is 2.21 bits per heavy atom. The van der Waals surface area contributed by atoms with Gasteiger partial charge in [-0.2, -0.15) is 5.10 Å². The summed E-state index contributed by atoms with van der Waals surface area (Å²) in [6.07, 6.45) is 3.70. The summed E-state index contributed by atoms with van der Waals surface area (Å²) in [6.45, 7) is 1.97. The summed E-state index contributed by atoms with van der Waals surface area (Å²) in [5.74, 6) is 0.843. The van der Waals surface area contributed by atoms with E-state index in [0.29, 0.717) is 0 Å². The molecule has 0 aliphatic carbocycles. The fourth-order valence-corrected chi connectivity index (χ4v) is 1.26. The Hall–Kier alpha value is -1.84. The topological polar surface area (TPSA) is 42.7 Å². The molecule has 2 heterocycles. The van der Waals surface area contributed by atoms with Gasteiger partial charge in [0.15, 0.2) is 0 Å². The Labute approximate surface area is 82.6 Å². The average Bonchev–Trinajstić information content (AvgIpc) is 2.65. The van der Waals surface area contributed by atoms with Crippen LogP contribution in [0, 0.1) is 6.92 Å². The quantitative estimate of drug-likeness (QED) is 0.778. The number of nitrogens with zero attached hydrogens (tertiary/aromatic N) is 3. The third-order valence-corrected chi connectivity index (χ3v) is 1.99. The molecule has 0 amide bonds. The van der Waals surface area contributed by atoms with E-state index < -0.39 is 0 Å². The van der Waals surface area contributed by atoms with Crippen molar-refractivity contribution in [2.24, 2.45) is 0 Å². The summed E-state index contributed by atoms with van der Waals surface area (Å²) in [4.78, 5) is 4.14. The molecular weight excluding hydrogens is 176 g/mol. The molecule has 0 aliphatic rings. The molecule has 0 unspecified atom stereocenters. The second-order valence-electron chi connectivity index (χ2n) is 3.05. The van der Waals surface area contributed by atoms with Crippen molar-refractivity contribution in [2.75, 3.05) is 12.4 Å². The molecular formula is C10H12N4. The van der Waals surface area contributed by atoms with Crippen molar-refractivity contribution in [1.82, 2.24) is 14.8 Å². The number of aryl methyl sites for hydroxylation is 1. The molecule has 1 N–H and O–H groups in total. The Balaban J connectivity index is 2.41. The highest BCUT2D eigenvalue weighted by Gasteiger charge is 1.98. The van der Waals surface area contributed by atoms with Crippen molar-refractivity contribution in [1.29, 1.82) is 0 Å². The van der Waals surface area contributed by atoms with E-state index in [4.69, 9.17) is 0 Å². The van der Waals surface area contributed by atoms with Crippen LogP contribution in [-0.2, 0) is 0 Å². The van der Waals surface area contributed by atoms with Crippen LogP contribution in [0.2, 0.25) is 0 Å². The first-order valence-corrected chi connectivity index (χ1v) is 4.46. The molecule has 0 atom stereocenters. The minimum absolute atomic E-state index is 0.843. The molecule has 0 spiro atoms. The molecule has 4 heteroatoms. The SMILES string of the molecule is CNc1cc(-n2ccc(C)n2)ccn1. The molecule has 72 valence electrons. The van der Waals surface area contributed by atoms with Gasteiger partial charge < -0.3 is 5.32 Å². The fourth-order valence-electron chi connectivity index (χ4n) is 1.26. The smallest absolute Gasteiger partial charge is 0.127 e. The minimum Gasteiger partial charge on any atom is -0.373 e. The zero-order valence-electron chi connectivity index (χ0n) is 8.23. The fraction of sp³-hybridized carbons (Fsp3) is 0.200. The monoisotopic (exact) mass is 188 g/mol. The van der Waals surface area contributed by atoms with E-state index in [2.05, 4.69) is 15.4 Å². The Kier molecular flexibility index (Phi) is 2.18.